The Morgan fingerprint density at radius 1 is 1.04 bits per heavy atom. The second kappa shape index (κ2) is 13.6. The third kappa shape index (κ3) is 5.76. The monoisotopic (exact) mass is 630 g/mol. The lowest BCUT2D eigenvalue weighted by molar-refractivity contribution is -0.224. The van der Waals surface area contributed by atoms with Crippen molar-refractivity contribution in [3.8, 4) is 0 Å². The molecule has 4 aliphatic carbocycles. The summed E-state index contributed by atoms with van der Waals surface area (Å²) in [6.45, 7) is 12.7. The lowest BCUT2D eigenvalue weighted by atomic mass is 9.58. The fraction of sp³-hybridized carbons (Fsp3) is 0.784. The summed E-state index contributed by atoms with van der Waals surface area (Å²) in [5.41, 5.74) is -3.96. The van der Waals surface area contributed by atoms with Gasteiger partial charge in [-0.15, -0.1) is 0 Å². The van der Waals surface area contributed by atoms with Crippen LogP contribution < -0.4 is 0 Å². The molecule has 8 nitrogen and oxygen atoms in total. The van der Waals surface area contributed by atoms with Gasteiger partial charge in [0.1, 0.15) is 17.3 Å². The smallest absolute Gasteiger partial charge is 0.334 e. The largest absolute Gasteiger partial charge is 0.458 e. The second-order valence-corrected chi connectivity index (χ2v) is 15.0. The molecule has 45 heavy (non-hydrogen) atoms. The highest BCUT2D eigenvalue weighted by molar-refractivity contribution is 5.88. The normalized spacial score (nSPS) is 38.2. The van der Waals surface area contributed by atoms with Crippen molar-refractivity contribution in [2.24, 2.45) is 28.6 Å². The van der Waals surface area contributed by atoms with Gasteiger partial charge in [-0.2, -0.15) is 0 Å². The molecular weight excluding hydrogens is 572 g/mol. The molecule has 1 unspecified atom stereocenters. The number of carbonyl (C=O) groups excluding carboxylic acids is 2. The SMILES string of the molecule is C/C=C(/C)C(=O)O[C@H]1C(C)=C[C@]23C(O)[C@@H](C=C(CO)[C@@H](O)[C@]12O)[C@@H]1C(C)(C)[C@]1(OC(=O)CCCCCCCCCCC)C[C@H]3C. The highest BCUT2D eigenvalue weighted by Gasteiger charge is 2.83. The van der Waals surface area contributed by atoms with E-state index in [1.165, 1.54) is 38.5 Å². The average Bonchev–Trinajstić information content (AvgIpc) is 3.40. The third-order valence-electron chi connectivity index (χ3n) is 12.0. The Hall–Kier alpha value is -2.00. The number of hydrogen-bond donors (Lipinski definition) is 4. The Kier molecular flexibility index (Phi) is 10.8. The van der Waals surface area contributed by atoms with Gasteiger partial charge in [0.15, 0.2) is 6.10 Å². The minimum absolute atomic E-state index is 0.155. The number of carbonyl (C=O) groups is 2. The summed E-state index contributed by atoms with van der Waals surface area (Å²) in [5, 5.41) is 47.2. The van der Waals surface area contributed by atoms with Crippen LogP contribution in [0.25, 0.3) is 0 Å². The van der Waals surface area contributed by atoms with Crippen molar-refractivity contribution in [2.75, 3.05) is 6.61 Å². The summed E-state index contributed by atoms with van der Waals surface area (Å²) < 4.78 is 12.3. The van der Waals surface area contributed by atoms with Gasteiger partial charge in [-0.1, -0.05) is 97.3 Å². The zero-order valence-electron chi connectivity index (χ0n) is 28.6. The van der Waals surface area contributed by atoms with Crippen LogP contribution in [0.15, 0.2) is 34.9 Å². The first-order valence-corrected chi connectivity index (χ1v) is 17.4. The maximum absolute atomic E-state index is 13.4. The number of allylic oxidation sites excluding steroid dienone is 1. The van der Waals surface area contributed by atoms with Crippen LogP contribution in [0, 0.1) is 28.6 Å². The van der Waals surface area contributed by atoms with Crippen LogP contribution in [0.1, 0.15) is 119 Å². The third-order valence-corrected chi connectivity index (χ3v) is 12.0. The standard InChI is InChI=1S/C37H58O8/c1-8-10-11-12-13-14-15-16-17-18-28(39)45-36-21-25(5)35-20-24(4)32(44-33(42)23(3)9-2)37(35,43)30(40)26(22-38)19-27(31(35)41)29(36)34(36,6)7/h9,19-20,25,27,29-32,38,40-41,43H,8,10-18,21-22H2,1-7H3/b23-9-/t25-,27+,29-,30-,31?,32+,35+,36+,37+/m1/s1. The van der Waals surface area contributed by atoms with Gasteiger partial charge < -0.3 is 29.9 Å². The molecule has 1 spiro atoms. The van der Waals surface area contributed by atoms with Crippen molar-refractivity contribution in [3.63, 3.8) is 0 Å². The van der Waals surface area contributed by atoms with E-state index >= 15 is 0 Å². The Labute approximate surface area is 270 Å². The molecule has 0 aromatic carbocycles. The van der Waals surface area contributed by atoms with E-state index in [1.54, 1.807) is 39.0 Å². The molecule has 8 heteroatoms. The average molecular weight is 631 g/mol. The number of aliphatic hydroxyl groups is 4. The van der Waals surface area contributed by atoms with Crippen molar-refractivity contribution in [1.82, 2.24) is 0 Å². The van der Waals surface area contributed by atoms with Gasteiger partial charge in [0, 0.05) is 29.2 Å². The minimum Gasteiger partial charge on any atom is -0.458 e. The zero-order chi connectivity index (χ0) is 33.4. The molecule has 0 amide bonds. The quantitative estimate of drug-likeness (QED) is 0.0830. The zero-order valence-corrected chi connectivity index (χ0v) is 28.6. The number of fused-ring (bicyclic) bond motifs is 3. The Morgan fingerprint density at radius 3 is 2.22 bits per heavy atom. The Balaban J connectivity index is 1.60. The van der Waals surface area contributed by atoms with E-state index in [-0.39, 0.29) is 17.5 Å². The first-order chi connectivity index (χ1) is 21.2. The van der Waals surface area contributed by atoms with Crippen molar-refractivity contribution in [2.45, 2.75) is 149 Å². The van der Waals surface area contributed by atoms with Crippen LogP contribution in [0.2, 0.25) is 0 Å². The lowest BCUT2D eigenvalue weighted by Crippen LogP contribution is -2.67. The molecule has 9 atom stereocenters. The van der Waals surface area contributed by atoms with Gasteiger partial charge in [0.25, 0.3) is 0 Å². The predicted octanol–water partition coefficient (Wildman–Crippen LogP) is 5.71. The number of hydrogen-bond acceptors (Lipinski definition) is 8. The number of aliphatic hydroxyl groups excluding tert-OH is 3. The Morgan fingerprint density at radius 2 is 1.64 bits per heavy atom. The summed E-state index contributed by atoms with van der Waals surface area (Å²) in [6, 6.07) is 0. The maximum atomic E-state index is 13.4. The van der Waals surface area contributed by atoms with E-state index in [2.05, 4.69) is 6.92 Å². The van der Waals surface area contributed by atoms with Crippen LogP contribution >= 0.6 is 0 Å². The summed E-state index contributed by atoms with van der Waals surface area (Å²) in [7, 11) is 0. The number of rotatable bonds is 14. The van der Waals surface area contributed by atoms with Gasteiger partial charge in [-0.3, -0.25) is 4.79 Å². The van der Waals surface area contributed by atoms with Crippen molar-refractivity contribution in [1.29, 1.82) is 0 Å². The van der Waals surface area contributed by atoms with Gasteiger partial charge in [-0.25, -0.2) is 4.79 Å². The van der Waals surface area contributed by atoms with Crippen LogP contribution in [0.4, 0.5) is 0 Å². The summed E-state index contributed by atoms with van der Waals surface area (Å²) in [5.74, 6) is -2.31. The van der Waals surface area contributed by atoms with Gasteiger partial charge in [0.2, 0.25) is 0 Å². The molecule has 0 aromatic heterocycles. The molecule has 2 bridgehead atoms. The van der Waals surface area contributed by atoms with Gasteiger partial charge in [-0.05, 0) is 50.7 Å². The van der Waals surface area contributed by atoms with Crippen molar-refractivity contribution >= 4 is 11.9 Å². The lowest BCUT2D eigenvalue weighted by Gasteiger charge is -2.52. The molecule has 0 radical (unpaired) electrons. The summed E-state index contributed by atoms with van der Waals surface area (Å²) >= 11 is 0. The van der Waals surface area contributed by atoms with E-state index in [0.717, 1.165) is 19.3 Å². The van der Waals surface area contributed by atoms with Crippen molar-refractivity contribution in [3.05, 3.63) is 34.9 Å². The molecule has 0 aromatic rings. The van der Waals surface area contributed by atoms with Crippen LogP contribution in [-0.2, 0) is 19.1 Å². The van der Waals surface area contributed by atoms with Gasteiger partial charge >= 0.3 is 11.9 Å². The molecule has 0 saturated heterocycles. The number of esters is 2. The number of unbranched alkanes of at least 4 members (excludes halogenated alkanes) is 8. The first kappa shape index (κ1) is 35.8. The minimum atomic E-state index is -2.16. The predicted molar refractivity (Wildman–Crippen MR) is 173 cm³/mol. The van der Waals surface area contributed by atoms with E-state index < -0.39 is 64.8 Å². The Bertz CT molecular complexity index is 1200. The van der Waals surface area contributed by atoms with Gasteiger partial charge in [0.05, 0.1) is 18.1 Å². The summed E-state index contributed by atoms with van der Waals surface area (Å²) in [4.78, 5) is 26.3. The fourth-order valence-corrected chi connectivity index (χ4v) is 9.35. The molecule has 254 valence electrons. The van der Waals surface area contributed by atoms with E-state index in [1.807, 2.05) is 20.8 Å². The second-order valence-electron chi connectivity index (χ2n) is 15.0. The maximum Gasteiger partial charge on any atom is 0.334 e. The number of ether oxygens (including phenoxy) is 2. The fourth-order valence-electron chi connectivity index (χ4n) is 9.35. The molecule has 0 heterocycles. The molecule has 4 aliphatic rings. The topological polar surface area (TPSA) is 134 Å². The molecule has 2 saturated carbocycles. The van der Waals surface area contributed by atoms with E-state index in [9.17, 15) is 30.0 Å². The molecule has 0 aliphatic heterocycles. The van der Waals surface area contributed by atoms with Crippen molar-refractivity contribution < 1.29 is 39.5 Å². The van der Waals surface area contributed by atoms with Crippen LogP contribution in [0.5, 0.6) is 0 Å². The highest BCUT2D eigenvalue weighted by atomic mass is 16.6. The van der Waals surface area contributed by atoms with E-state index in [0.29, 0.717) is 24.0 Å². The first-order valence-electron chi connectivity index (χ1n) is 17.4. The van der Waals surface area contributed by atoms with Crippen LogP contribution in [-0.4, -0.2) is 68.5 Å². The van der Waals surface area contributed by atoms with Crippen LogP contribution in [0.3, 0.4) is 0 Å². The molecule has 2 fully saturated rings. The molecular formula is C37H58O8. The highest BCUT2D eigenvalue weighted by Crippen LogP contribution is 2.76. The molecule has 4 N–H and O–H groups in total. The van der Waals surface area contributed by atoms with E-state index in [4.69, 9.17) is 9.47 Å². The summed E-state index contributed by atoms with van der Waals surface area (Å²) in [6.07, 6.45) is 12.0. The molecule has 4 rings (SSSR count).